The van der Waals surface area contributed by atoms with E-state index in [1.54, 1.807) is 12.1 Å². The highest BCUT2D eigenvalue weighted by Crippen LogP contribution is 2.42. The summed E-state index contributed by atoms with van der Waals surface area (Å²) >= 11 is 0. The molecular weight excluding hydrogens is 384 g/mol. The molecule has 0 saturated carbocycles. The summed E-state index contributed by atoms with van der Waals surface area (Å²) in [4.78, 5) is 13.3. The first-order valence-corrected chi connectivity index (χ1v) is 9.67. The SMILES string of the molecule is COc1c(-c2ccco2)oc2c(CC=C(C)C)c(O)c(CC=C(C)C)c(O)c2c1=O. The summed E-state index contributed by atoms with van der Waals surface area (Å²) in [5.74, 6) is -0.0478. The number of aromatic hydroxyl groups is 2. The Hall–Kier alpha value is -3.41. The summed E-state index contributed by atoms with van der Waals surface area (Å²) in [6, 6.07) is 3.31. The third-order valence-electron chi connectivity index (χ3n) is 4.82. The number of ether oxygens (including phenoxy) is 1. The highest BCUT2D eigenvalue weighted by Gasteiger charge is 2.27. The fourth-order valence-corrected chi connectivity index (χ4v) is 3.25. The molecule has 0 aliphatic rings. The number of methoxy groups -OCH3 is 1. The van der Waals surface area contributed by atoms with E-state index in [1.165, 1.54) is 13.4 Å². The van der Waals surface area contributed by atoms with E-state index in [1.807, 2.05) is 39.8 Å². The first-order chi connectivity index (χ1) is 14.3. The van der Waals surface area contributed by atoms with Crippen molar-refractivity contribution in [3.05, 3.63) is 63.0 Å². The fourth-order valence-electron chi connectivity index (χ4n) is 3.25. The van der Waals surface area contributed by atoms with E-state index in [4.69, 9.17) is 13.6 Å². The van der Waals surface area contributed by atoms with Gasteiger partial charge in [-0.05, 0) is 52.7 Å². The molecule has 0 spiro atoms. The van der Waals surface area contributed by atoms with Gasteiger partial charge in [0.2, 0.25) is 16.9 Å². The van der Waals surface area contributed by atoms with Crippen LogP contribution in [0.3, 0.4) is 0 Å². The Morgan fingerprint density at radius 1 is 1.03 bits per heavy atom. The molecule has 1 aromatic carbocycles. The summed E-state index contributed by atoms with van der Waals surface area (Å²) in [6.07, 6.45) is 5.87. The highest BCUT2D eigenvalue weighted by molar-refractivity contribution is 5.92. The third-order valence-corrected chi connectivity index (χ3v) is 4.82. The molecule has 2 N–H and O–H groups in total. The van der Waals surface area contributed by atoms with Gasteiger partial charge in [0.25, 0.3) is 0 Å². The minimum atomic E-state index is -0.528. The van der Waals surface area contributed by atoms with Crippen LogP contribution in [0.5, 0.6) is 17.2 Å². The lowest BCUT2D eigenvalue weighted by Crippen LogP contribution is -2.10. The van der Waals surface area contributed by atoms with Crippen LogP contribution in [0.1, 0.15) is 38.8 Å². The molecule has 3 rings (SSSR count). The van der Waals surface area contributed by atoms with Gasteiger partial charge < -0.3 is 23.8 Å². The van der Waals surface area contributed by atoms with Crippen LogP contribution < -0.4 is 10.2 Å². The Kier molecular flexibility index (Phi) is 6.06. The van der Waals surface area contributed by atoms with Gasteiger partial charge in [-0.2, -0.15) is 0 Å². The Morgan fingerprint density at radius 3 is 2.20 bits per heavy atom. The molecule has 0 amide bonds. The third kappa shape index (κ3) is 3.85. The van der Waals surface area contributed by atoms with Gasteiger partial charge in [0.05, 0.1) is 13.4 Å². The lowest BCUT2D eigenvalue weighted by molar-refractivity contribution is 0.391. The first kappa shape index (κ1) is 21.3. The smallest absolute Gasteiger partial charge is 0.239 e. The molecule has 6 heteroatoms. The molecule has 0 bridgehead atoms. The van der Waals surface area contributed by atoms with Crippen molar-refractivity contribution in [3.63, 3.8) is 0 Å². The van der Waals surface area contributed by atoms with E-state index >= 15 is 0 Å². The zero-order valence-corrected chi connectivity index (χ0v) is 17.8. The molecule has 0 atom stereocenters. The van der Waals surface area contributed by atoms with E-state index in [9.17, 15) is 15.0 Å². The van der Waals surface area contributed by atoms with Crippen molar-refractivity contribution in [1.82, 2.24) is 0 Å². The summed E-state index contributed by atoms with van der Waals surface area (Å²) < 4.78 is 16.7. The van der Waals surface area contributed by atoms with Crippen LogP contribution >= 0.6 is 0 Å². The molecule has 2 aromatic heterocycles. The number of benzene rings is 1. The Bertz CT molecular complexity index is 1190. The molecule has 158 valence electrons. The number of hydrogen-bond donors (Lipinski definition) is 2. The molecule has 0 aliphatic carbocycles. The predicted molar refractivity (Wildman–Crippen MR) is 116 cm³/mol. The Morgan fingerprint density at radius 2 is 1.67 bits per heavy atom. The molecule has 0 radical (unpaired) electrons. The Balaban J connectivity index is 2.45. The van der Waals surface area contributed by atoms with Gasteiger partial charge in [-0.15, -0.1) is 0 Å². The molecule has 30 heavy (non-hydrogen) atoms. The van der Waals surface area contributed by atoms with Gasteiger partial charge >= 0.3 is 0 Å². The number of phenolic OH excluding ortho intramolecular Hbond substituents is 2. The van der Waals surface area contributed by atoms with Gasteiger partial charge in [0.1, 0.15) is 22.5 Å². The summed E-state index contributed by atoms with van der Waals surface area (Å²) in [7, 11) is 1.36. The van der Waals surface area contributed by atoms with E-state index < -0.39 is 5.43 Å². The number of phenols is 2. The van der Waals surface area contributed by atoms with Crippen molar-refractivity contribution in [2.45, 2.75) is 40.5 Å². The van der Waals surface area contributed by atoms with Gasteiger partial charge in [0.15, 0.2) is 5.76 Å². The van der Waals surface area contributed by atoms with E-state index in [-0.39, 0.29) is 46.0 Å². The van der Waals surface area contributed by atoms with Crippen LogP contribution in [-0.2, 0) is 12.8 Å². The number of allylic oxidation sites excluding steroid dienone is 4. The van der Waals surface area contributed by atoms with Crippen molar-refractivity contribution in [1.29, 1.82) is 0 Å². The maximum atomic E-state index is 13.3. The number of rotatable bonds is 6. The Labute approximate surface area is 174 Å². The minimum absolute atomic E-state index is 0.0192. The number of hydrogen-bond acceptors (Lipinski definition) is 6. The lowest BCUT2D eigenvalue weighted by Gasteiger charge is -2.16. The molecule has 0 fully saturated rings. The zero-order chi connectivity index (χ0) is 22.0. The molecule has 3 aromatic rings. The number of fused-ring (bicyclic) bond motifs is 1. The largest absolute Gasteiger partial charge is 0.507 e. The van der Waals surface area contributed by atoms with Gasteiger partial charge in [-0.3, -0.25) is 4.79 Å². The van der Waals surface area contributed by atoms with Crippen LogP contribution in [0.2, 0.25) is 0 Å². The predicted octanol–water partition coefficient (Wildman–Crippen LogP) is 5.49. The van der Waals surface area contributed by atoms with Crippen LogP contribution in [0, 0.1) is 0 Å². The summed E-state index contributed by atoms with van der Waals surface area (Å²) in [6.45, 7) is 7.73. The van der Waals surface area contributed by atoms with Crippen LogP contribution in [-0.4, -0.2) is 17.3 Å². The highest BCUT2D eigenvalue weighted by atomic mass is 16.5. The van der Waals surface area contributed by atoms with Crippen molar-refractivity contribution in [2.24, 2.45) is 0 Å². The molecule has 0 aliphatic heterocycles. The second-order valence-electron chi connectivity index (χ2n) is 7.60. The van der Waals surface area contributed by atoms with E-state index in [2.05, 4.69) is 0 Å². The molecular formula is C24H26O6. The van der Waals surface area contributed by atoms with Crippen LogP contribution in [0.15, 0.2) is 55.3 Å². The topological polar surface area (TPSA) is 93.0 Å². The second kappa shape index (κ2) is 8.53. The van der Waals surface area contributed by atoms with Gasteiger partial charge in [-0.25, -0.2) is 0 Å². The zero-order valence-electron chi connectivity index (χ0n) is 17.8. The van der Waals surface area contributed by atoms with E-state index in [0.29, 0.717) is 17.7 Å². The molecule has 2 heterocycles. The normalized spacial score (nSPS) is 10.8. The first-order valence-electron chi connectivity index (χ1n) is 9.67. The lowest BCUT2D eigenvalue weighted by atomic mass is 9.96. The van der Waals surface area contributed by atoms with Crippen molar-refractivity contribution in [3.8, 4) is 28.8 Å². The van der Waals surface area contributed by atoms with E-state index in [0.717, 1.165) is 11.1 Å². The molecule has 0 unspecified atom stereocenters. The maximum Gasteiger partial charge on any atom is 0.239 e. The van der Waals surface area contributed by atoms with Crippen LogP contribution in [0.4, 0.5) is 0 Å². The second-order valence-corrected chi connectivity index (χ2v) is 7.60. The maximum absolute atomic E-state index is 13.3. The molecule has 6 nitrogen and oxygen atoms in total. The number of furan rings is 1. The van der Waals surface area contributed by atoms with Crippen molar-refractivity contribution >= 4 is 11.0 Å². The molecule has 0 saturated heterocycles. The summed E-state index contributed by atoms with van der Waals surface area (Å²) in [5.41, 5.74) is 2.36. The van der Waals surface area contributed by atoms with Crippen LogP contribution in [0.25, 0.3) is 22.5 Å². The fraction of sp³-hybridized carbons (Fsp3) is 0.292. The monoisotopic (exact) mass is 410 g/mol. The van der Waals surface area contributed by atoms with Crippen molar-refractivity contribution < 1.29 is 23.8 Å². The average Bonchev–Trinajstić information content (AvgIpc) is 3.21. The standard InChI is InChI=1S/C24H26O6/c1-13(2)8-10-15-19(25)16(11-9-14(3)4)22-18(20(15)26)21(27)24(28-5)23(30-22)17-7-6-12-29-17/h6-9,12,25-26H,10-11H2,1-5H3. The van der Waals surface area contributed by atoms with Gasteiger partial charge in [0, 0.05) is 11.1 Å². The van der Waals surface area contributed by atoms with Crippen molar-refractivity contribution in [2.75, 3.05) is 7.11 Å². The minimum Gasteiger partial charge on any atom is -0.507 e. The van der Waals surface area contributed by atoms with Gasteiger partial charge in [-0.1, -0.05) is 23.3 Å². The quantitative estimate of drug-likeness (QED) is 0.522. The average molecular weight is 410 g/mol. The summed E-state index contributed by atoms with van der Waals surface area (Å²) in [5, 5.41) is 21.9.